The number of primary sulfonamides is 1. The SMILES string of the molecule is CC(C(=O)c1cccc(Cl)c1)N(C(=O)OCOC(=O)C(=O)CCCOCCOC(=O)c1cc(S(N)(=O)=O)c(Cl)cc1NCc1ccco1)C(C)(C)C. The lowest BCUT2D eigenvalue weighted by molar-refractivity contribution is -0.160. The number of Topliss-reactive ketones (excluding diaryl/α,β-unsaturated/α-hetero) is 2. The van der Waals surface area contributed by atoms with Crippen molar-refractivity contribution >= 4 is 68.5 Å². The van der Waals surface area contributed by atoms with E-state index in [2.05, 4.69) is 5.32 Å². The third-order valence-electron chi connectivity index (χ3n) is 7.18. The second-order valence-corrected chi connectivity index (χ2v) is 14.5. The van der Waals surface area contributed by atoms with Gasteiger partial charge >= 0.3 is 18.0 Å². The van der Waals surface area contributed by atoms with Gasteiger partial charge in [0.2, 0.25) is 22.6 Å². The van der Waals surface area contributed by atoms with Gasteiger partial charge in [-0.25, -0.2) is 27.9 Å². The maximum atomic E-state index is 13.1. The van der Waals surface area contributed by atoms with Crippen molar-refractivity contribution < 1.29 is 55.8 Å². The number of nitrogens with one attached hydrogen (secondary N) is 1. The fourth-order valence-corrected chi connectivity index (χ4v) is 6.08. The first kappa shape index (κ1) is 41.9. The number of sulfonamides is 1. The Morgan fingerprint density at radius 3 is 2.33 bits per heavy atom. The summed E-state index contributed by atoms with van der Waals surface area (Å²) in [6.45, 7) is 5.60. The number of amides is 1. The van der Waals surface area contributed by atoms with Crippen LogP contribution < -0.4 is 10.5 Å². The monoisotopic (exact) mass is 783 g/mol. The van der Waals surface area contributed by atoms with Gasteiger partial charge in [-0.3, -0.25) is 14.5 Å². The van der Waals surface area contributed by atoms with E-state index in [0.29, 0.717) is 16.3 Å². The first-order chi connectivity index (χ1) is 24.4. The molecule has 0 spiro atoms. The quantitative estimate of drug-likeness (QED) is 0.0546. The van der Waals surface area contributed by atoms with Crippen LogP contribution in [0.1, 0.15) is 67.0 Å². The van der Waals surface area contributed by atoms with Gasteiger partial charge in [-0.15, -0.1) is 0 Å². The minimum Gasteiger partial charge on any atom is -0.467 e. The number of nitrogens with zero attached hydrogens (tertiary/aromatic N) is 1. The zero-order valence-electron chi connectivity index (χ0n) is 28.8. The summed E-state index contributed by atoms with van der Waals surface area (Å²) in [6, 6.07) is 10.9. The minimum absolute atomic E-state index is 0.0110. The van der Waals surface area contributed by atoms with Crippen LogP contribution in [0.3, 0.4) is 0 Å². The topological polar surface area (TPSA) is 211 Å². The number of furan rings is 1. The second kappa shape index (κ2) is 18.8. The minimum atomic E-state index is -4.26. The van der Waals surface area contributed by atoms with Gasteiger partial charge in [0.25, 0.3) is 0 Å². The summed E-state index contributed by atoms with van der Waals surface area (Å²) in [5.74, 6) is -2.87. The van der Waals surface area contributed by atoms with Crippen molar-refractivity contribution in [3.8, 4) is 0 Å². The summed E-state index contributed by atoms with van der Waals surface area (Å²) < 4.78 is 49.6. The molecule has 1 unspecified atom stereocenters. The van der Waals surface area contributed by atoms with Crippen LogP contribution in [0.5, 0.6) is 0 Å². The molecule has 3 aromatic rings. The molecule has 15 nitrogen and oxygen atoms in total. The maximum Gasteiger partial charge on any atom is 0.413 e. The van der Waals surface area contributed by atoms with Crippen LogP contribution in [-0.4, -0.2) is 81.1 Å². The number of esters is 2. The Morgan fingerprint density at radius 1 is 0.962 bits per heavy atom. The molecule has 282 valence electrons. The van der Waals surface area contributed by atoms with E-state index in [4.69, 9.17) is 51.7 Å². The Labute approximate surface area is 310 Å². The van der Waals surface area contributed by atoms with Gasteiger partial charge in [0.05, 0.1) is 41.7 Å². The molecule has 0 aliphatic carbocycles. The van der Waals surface area contributed by atoms with E-state index >= 15 is 0 Å². The molecule has 1 aromatic heterocycles. The highest BCUT2D eigenvalue weighted by molar-refractivity contribution is 7.89. The van der Waals surface area contributed by atoms with E-state index in [9.17, 15) is 32.4 Å². The molecule has 3 rings (SSSR count). The molecule has 3 N–H and O–H groups in total. The molecule has 0 saturated heterocycles. The number of ether oxygens (including phenoxy) is 4. The van der Waals surface area contributed by atoms with Crippen molar-refractivity contribution in [2.75, 3.05) is 31.9 Å². The molecule has 0 aliphatic heterocycles. The Hall–Kier alpha value is -4.48. The molecule has 18 heteroatoms. The van der Waals surface area contributed by atoms with Crippen molar-refractivity contribution in [2.24, 2.45) is 5.14 Å². The van der Waals surface area contributed by atoms with Crippen LogP contribution in [0.25, 0.3) is 0 Å². The third-order valence-corrected chi connectivity index (χ3v) is 8.79. The number of carbonyl (C=O) groups is 5. The molecule has 52 heavy (non-hydrogen) atoms. The van der Waals surface area contributed by atoms with E-state index in [0.717, 1.165) is 6.07 Å². The first-order valence-corrected chi connectivity index (χ1v) is 18.0. The summed E-state index contributed by atoms with van der Waals surface area (Å²) in [7, 11) is -4.26. The van der Waals surface area contributed by atoms with Crippen LogP contribution in [-0.2, 0) is 45.1 Å². The van der Waals surface area contributed by atoms with Crippen LogP contribution in [0.2, 0.25) is 10.0 Å². The lowest BCUT2D eigenvalue weighted by Gasteiger charge is -2.38. The number of halogens is 2. The Morgan fingerprint density at radius 2 is 1.69 bits per heavy atom. The molecule has 0 aliphatic rings. The number of anilines is 1. The highest BCUT2D eigenvalue weighted by atomic mass is 35.5. The molecule has 1 heterocycles. The van der Waals surface area contributed by atoms with Crippen molar-refractivity contribution in [3.63, 3.8) is 0 Å². The van der Waals surface area contributed by atoms with E-state index in [1.54, 1.807) is 51.1 Å². The predicted octanol–water partition coefficient (Wildman–Crippen LogP) is 5.38. The molecule has 1 atom stereocenters. The van der Waals surface area contributed by atoms with Gasteiger partial charge in [-0.2, -0.15) is 0 Å². The van der Waals surface area contributed by atoms with Crippen LogP contribution in [0.15, 0.2) is 64.1 Å². The largest absolute Gasteiger partial charge is 0.467 e. The number of hydrogen-bond acceptors (Lipinski definition) is 13. The highest BCUT2D eigenvalue weighted by Gasteiger charge is 2.36. The lowest BCUT2D eigenvalue weighted by atomic mass is 9.98. The number of ketones is 2. The average Bonchev–Trinajstić information content (AvgIpc) is 3.59. The van der Waals surface area contributed by atoms with Crippen molar-refractivity contribution in [3.05, 3.63) is 81.7 Å². The lowest BCUT2D eigenvalue weighted by Crippen LogP contribution is -2.53. The number of carbonyl (C=O) groups excluding carboxylic acids is 5. The highest BCUT2D eigenvalue weighted by Crippen LogP contribution is 2.29. The predicted molar refractivity (Wildman–Crippen MR) is 188 cm³/mol. The number of benzene rings is 2. The van der Waals surface area contributed by atoms with Gasteiger partial charge in [-0.1, -0.05) is 35.3 Å². The van der Waals surface area contributed by atoms with Crippen molar-refractivity contribution in [2.45, 2.75) is 63.6 Å². The fourth-order valence-electron chi connectivity index (χ4n) is 4.79. The summed E-state index contributed by atoms with van der Waals surface area (Å²) in [5.41, 5.74) is -0.546. The zero-order valence-corrected chi connectivity index (χ0v) is 31.1. The number of nitrogens with two attached hydrogens (primary N) is 1. The molecular formula is C34H39Cl2N3O12S. The molecule has 0 bridgehead atoms. The van der Waals surface area contributed by atoms with E-state index in [-0.39, 0.29) is 61.3 Å². The van der Waals surface area contributed by atoms with Crippen molar-refractivity contribution in [1.82, 2.24) is 4.90 Å². The van der Waals surface area contributed by atoms with Gasteiger partial charge < -0.3 is 28.7 Å². The summed E-state index contributed by atoms with van der Waals surface area (Å²) in [6.07, 6.45) is 0.382. The smallest absolute Gasteiger partial charge is 0.413 e. The number of rotatable bonds is 18. The molecule has 1 amide bonds. The van der Waals surface area contributed by atoms with E-state index in [1.807, 2.05) is 0 Å². The molecular weight excluding hydrogens is 745 g/mol. The Bertz CT molecular complexity index is 1860. The normalized spacial score (nSPS) is 12.1. The Balaban J connectivity index is 1.41. The standard InChI is InChI=1S/C34H39Cl2N3O12S/c1-21(30(41)22-8-5-9-23(35)16-22)39(34(2,3)4)33(44)51-20-50-32(43)28(40)11-7-12-47-14-15-49-31(42)25-17-29(52(37,45)46)26(36)18-27(25)38-19-24-10-6-13-48-24/h5-6,8-10,13,16-18,21,38H,7,11-12,14-15,19-20H2,1-4H3,(H2,37,45,46). The van der Waals surface area contributed by atoms with Gasteiger partial charge in [0.15, 0.2) is 5.78 Å². The van der Waals surface area contributed by atoms with Gasteiger partial charge in [0.1, 0.15) is 17.3 Å². The van der Waals surface area contributed by atoms with Crippen LogP contribution in [0, 0.1) is 0 Å². The average molecular weight is 785 g/mol. The Kier molecular flexibility index (Phi) is 15.2. The molecule has 2 aromatic carbocycles. The summed E-state index contributed by atoms with van der Waals surface area (Å²) in [4.78, 5) is 63.9. The van der Waals surface area contributed by atoms with E-state index in [1.165, 1.54) is 30.2 Å². The number of hydrogen-bond donors (Lipinski definition) is 2. The first-order valence-electron chi connectivity index (χ1n) is 15.7. The molecule has 0 radical (unpaired) electrons. The second-order valence-electron chi connectivity index (χ2n) is 12.1. The molecule has 0 saturated carbocycles. The van der Waals surface area contributed by atoms with Crippen LogP contribution in [0.4, 0.5) is 10.5 Å². The third kappa shape index (κ3) is 12.3. The van der Waals surface area contributed by atoms with Gasteiger partial charge in [-0.05, 0) is 70.5 Å². The zero-order chi connectivity index (χ0) is 38.6. The van der Waals surface area contributed by atoms with Gasteiger partial charge in [0, 0.05) is 29.2 Å². The van der Waals surface area contributed by atoms with E-state index < -0.39 is 57.1 Å². The summed E-state index contributed by atoms with van der Waals surface area (Å²) >= 11 is 12.1. The summed E-state index contributed by atoms with van der Waals surface area (Å²) in [5, 5.41) is 8.32. The maximum absolute atomic E-state index is 13.1. The van der Waals surface area contributed by atoms with Crippen LogP contribution >= 0.6 is 23.2 Å². The molecule has 0 fully saturated rings. The van der Waals surface area contributed by atoms with Crippen molar-refractivity contribution in [1.29, 1.82) is 0 Å². The fraction of sp³-hybridized carbons (Fsp3) is 0.382.